The summed E-state index contributed by atoms with van der Waals surface area (Å²) in [6.45, 7) is 0.196. The number of rotatable bonds is 10. The zero-order valence-electron chi connectivity index (χ0n) is 20.0. The average molecular weight is 501 g/mol. The fraction of sp³-hybridized carbons (Fsp3) is 0.133. The van der Waals surface area contributed by atoms with Crippen LogP contribution in [-0.4, -0.2) is 32.4 Å². The van der Waals surface area contributed by atoms with Crippen LogP contribution in [0, 0.1) is 0 Å². The normalized spacial score (nSPS) is 12.1. The van der Waals surface area contributed by atoms with Gasteiger partial charge in [0.15, 0.2) is 0 Å². The summed E-state index contributed by atoms with van der Waals surface area (Å²) >= 11 is 0. The Kier molecular flexibility index (Phi) is 8.21. The Bertz CT molecular complexity index is 1390. The van der Waals surface area contributed by atoms with Gasteiger partial charge in [-0.2, -0.15) is 8.42 Å². The van der Waals surface area contributed by atoms with E-state index < -0.39 is 10.1 Å². The number of ether oxygens (including phenoxy) is 2. The molecule has 0 aliphatic carbocycles. The van der Waals surface area contributed by atoms with Crippen LogP contribution in [0.25, 0.3) is 11.1 Å². The molecule has 36 heavy (non-hydrogen) atoms. The monoisotopic (exact) mass is 500 g/mol. The van der Waals surface area contributed by atoms with E-state index in [2.05, 4.69) is 36.4 Å². The minimum absolute atomic E-state index is 0.196. The van der Waals surface area contributed by atoms with Crippen molar-refractivity contribution < 1.29 is 22.4 Å². The third kappa shape index (κ3) is 6.62. The van der Waals surface area contributed by atoms with Crippen molar-refractivity contribution in [2.24, 2.45) is 0 Å². The summed E-state index contributed by atoms with van der Waals surface area (Å²) in [4.78, 5) is 0. The topological polar surface area (TPSA) is 72.8 Å². The van der Waals surface area contributed by atoms with Gasteiger partial charge in [-0.25, -0.2) is 0 Å². The predicted molar refractivity (Wildman–Crippen MR) is 144 cm³/mol. The molecule has 0 aliphatic heterocycles. The van der Waals surface area contributed by atoms with Crippen LogP contribution in [0.1, 0.15) is 28.7 Å². The molecule has 0 aromatic heterocycles. The van der Waals surface area contributed by atoms with E-state index in [0.717, 1.165) is 39.1 Å². The second kappa shape index (κ2) is 11.7. The van der Waals surface area contributed by atoms with Crippen molar-refractivity contribution in [1.29, 1.82) is 0 Å². The molecular formula is C30H28O5S. The predicted octanol–water partition coefficient (Wildman–Crippen LogP) is 6.36. The third-order valence-corrected chi connectivity index (χ3v) is 6.52. The summed E-state index contributed by atoms with van der Waals surface area (Å²) in [5.74, 6) is 1.10. The van der Waals surface area contributed by atoms with Crippen LogP contribution in [0.15, 0.2) is 109 Å². The Morgan fingerprint density at radius 1 is 0.639 bits per heavy atom. The Labute approximate surface area is 212 Å². The van der Waals surface area contributed by atoms with E-state index in [9.17, 15) is 8.42 Å². The molecule has 0 aliphatic rings. The van der Waals surface area contributed by atoms with Crippen molar-refractivity contribution in [3.05, 3.63) is 131 Å². The standard InChI is InChI=1S/C30H28O5S/c1-34-27-17-13-25(14-18-27)29(23-9-4-2-5-10-23)30(24-11-6-3-7-12-24)26-15-19-28(20-16-26)35-21-8-22-36(31,32)33/h2-7,9-20H,8,21-22H2,1H3,(H,31,32,33)/b30-29+. The van der Waals surface area contributed by atoms with Crippen LogP contribution in [0.5, 0.6) is 11.5 Å². The highest BCUT2D eigenvalue weighted by Crippen LogP contribution is 2.37. The van der Waals surface area contributed by atoms with Crippen LogP contribution < -0.4 is 9.47 Å². The summed E-state index contributed by atoms with van der Waals surface area (Å²) in [5, 5.41) is 0. The maximum absolute atomic E-state index is 10.9. The summed E-state index contributed by atoms with van der Waals surface area (Å²) < 4.78 is 41.8. The van der Waals surface area contributed by atoms with Gasteiger partial charge in [0, 0.05) is 0 Å². The van der Waals surface area contributed by atoms with Gasteiger partial charge in [0.1, 0.15) is 11.5 Å². The smallest absolute Gasteiger partial charge is 0.264 e. The largest absolute Gasteiger partial charge is 0.497 e. The molecule has 1 N–H and O–H groups in total. The van der Waals surface area contributed by atoms with Gasteiger partial charge in [-0.1, -0.05) is 84.9 Å². The van der Waals surface area contributed by atoms with E-state index in [1.807, 2.05) is 72.8 Å². The third-order valence-electron chi connectivity index (χ3n) is 5.71. The first-order valence-electron chi connectivity index (χ1n) is 11.6. The van der Waals surface area contributed by atoms with Crippen molar-refractivity contribution in [2.45, 2.75) is 6.42 Å². The molecule has 0 atom stereocenters. The van der Waals surface area contributed by atoms with E-state index >= 15 is 0 Å². The Balaban J connectivity index is 1.79. The van der Waals surface area contributed by atoms with E-state index in [0.29, 0.717) is 5.75 Å². The van der Waals surface area contributed by atoms with Gasteiger partial charge in [0.25, 0.3) is 10.1 Å². The summed E-state index contributed by atoms with van der Waals surface area (Å²) in [6, 6.07) is 36.4. The summed E-state index contributed by atoms with van der Waals surface area (Å²) in [7, 11) is -2.33. The highest BCUT2D eigenvalue weighted by molar-refractivity contribution is 7.85. The van der Waals surface area contributed by atoms with E-state index in [1.54, 1.807) is 7.11 Å². The molecule has 0 radical (unpaired) electrons. The van der Waals surface area contributed by atoms with E-state index in [4.69, 9.17) is 14.0 Å². The number of hydrogen-bond acceptors (Lipinski definition) is 4. The maximum atomic E-state index is 10.9. The van der Waals surface area contributed by atoms with Gasteiger partial charge >= 0.3 is 0 Å². The van der Waals surface area contributed by atoms with Crippen LogP contribution in [0.4, 0.5) is 0 Å². The van der Waals surface area contributed by atoms with Crippen LogP contribution >= 0.6 is 0 Å². The van der Waals surface area contributed by atoms with Crippen molar-refractivity contribution >= 4 is 21.3 Å². The first-order valence-corrected chi connectivity index (χ1v) is 13.2. The van der Waals surface area contributed by atoms with Gasteiger partial charge in [-0.15, -0.1) is 0 Å². The molecule has 184 valence electrons. The van der Waals surface area contributed by atoms with E-state index in [-0.39, 0.29) is 18.8 Å². The minimum Gasteiger partial charge on any atom is -0.497 e. The first-order chi connectivity index (χ1) is 17.4. The highest BCUT2D eigenvalue weighted by atomic mass is 32.2. The molecule has 0 heterocycles. The number of benzene rings is 4. The summed E-state index contributed by atoms with van der Waals surface area (Å²) in [6.07, 6.45) is 0.214. The van der Waals surface area contributed by atoms with Gasteiger partial charge in [0.2, 0.25) is 0 Å². The maximum Gasteiger partial charge on any atom is 0.264 e. The van der Waals surface area contributed by atoms with Crippen molar-refractivity contribution in [1.82, 2.24) is 0 Å². The lowest BCUT2D eigenvalue weighted by Gasteiger charge is -2.18. The van der Waals surface area contributed by atoms with Gasteiger partial charge in [-0.3, -0.25) is 4.55 Å². The number of methoxy groups -OCH3 is 1. The Morgan fingerprint density at radius 3 is 1.47 bits per heavy atom. The van der Waals surface area contributed by atoms with Crippen molar-refractivity contribution in [3.63, 3.8) is 0 Å². The second-order valence-corrected chi connectivity index (χ2v) is 9.80. The first kappa shape index (κ1) is 25.2. The molecule has 0 amide bonds. The molecule has 0 unspecified atom stereocenters. The fourth-order valence-electron chi connectivity index (χ4n) is 4.03. The quantitative estimate of drug-likeness (QED) is 0.156. The van der Waals surface area contributed by atoms with Crippen LogP contribution in [-0.2, 0) is 10.1 Å². The van der Waals surface area contributed by atoms with Gasteiger partial charge in [-0.05, 0) is 64.1 Å². The molecule has 6 heteroatoms. The lowest BCUT2D eigenvalue weighted by molar-refractivity contribution is 0.316. The Hall–Kier alpha value is -3.87. The zero-order chi connectivity index (χ0) is 25.4. The molecule has 0 saturated heterocycles. The SMILES string of the molecule is COc1ccc(/C(=C(\c2ccccc2)c2ccc(OCCCS(=O)(=O)O)cc2)c2ccccc2)cc1. The van der Waals surface area contributed by atoms with Crippen LogP contribution in [0.3, 0.4) is 0 Å². The van der Waals surface area contributed by atoms with Crippen molar-refractivity contribution in [2.75, 3.05) is 19.5 Å². The molecule has 0 spiro atoms. The molecule has 4 aromatic rings. The molecule has 0 bridgehead atoms. The Morgan fingerprint density at radius 2 is 1.06 bits per heavy atom. The minimum atomic E-state index is -3.99. The molecule has 0 fully saturated rings. The molecule has 4 rings (SSSR count). The van der Waals surface area contributed by atoms with Crippen LogP contribution in [0.2, 0.25) is 0 Å². The molecule has 4 aromatic carbocycles. The van der Waals surface area contributed by atoms with Gasteiger partial charge < -0.3 is 9.47 Å². The van der Waals surface area contributed by atoms with Crippen molar-refractivity contribution in [3.8, 4) is 11.5 Å². The van der Waals surface area contributed by atoms with Gasteiger partial charge in [0.05, 0.1) is 19.5 Å². The molecule has 0 saturated carbocycles. The zero-order valence-corrected chi connectivity index (χ0v) is 20.8. The van der Waals surface area contributed by atoms with E-state index in [1.165, 1.54) is 0 Å². The lowest BCUT2D eigenvalue weighted by Crippen LogP contribution is -2.08. The number of hydrogen-bond donors (Lipinski definition) is 1. The molecule has 5 nitrogen and oxygen atoms in total. The fourth-order valence-corrected chi connectivity index (χ4v) is 4.51. The summed E-state index contributed by atoms with van der Waals surface area (Å²) in [5.41, 5.74) is 6.41. The molecular weight excluding hydrogens is 472 g/mol. The second-order valence-electron chi connectivity index (χ2n) is 8.22. The lowest BCUT2D eigenvalue weighted by atomic mass is 9.86. The average Bonchev–Trinajstić information content (AvgIpc) is 2.91. The highest BCUT2D eigenvalue weighted by Gasteiger charge is 2.16.